The lowest BCUT2D eigenvalue weighted by Crippen LogP contribution is -2.44. The van der Waals surface area contributed by atoms with Crippen molar-refractivity contribution in [1.82, 2.24) is 15.5 Å². The number of piperazine rings is 1. The van der Waals surface area contributed by atoms with Gasteiger partial charge >= 0.3 is 6.03 Å². The number of urea groups is 1. The SMILES string of the molecule is COCCNC(=O)NCC(=O)Nc1ccc(N2CCN(C)CC2)cc1. The second-order valence-corrected chi connectivity index (χ2v) is 5.99. The highest BCUT2D eigenvalue weighted by molar-refractivity contribution is 5.94. The number of hydrogen-bond donors (Lipinski definition) is 3. The number of carbonyl (C=O) groups is 2. The van der Waals surface area contributed by atoms with E-state index in [1.54, 1.807) is 7.11 Å². The minimum atomic E-state index is -0.391. The summed E-state index contributed by atoms with van der Waals surface area (Å²) >= 11 is 0. The lowest BCUT2D eigenvalue weighted by molar-refractivity contribution is -0.115. The van der Waals surface area contributed by atoms with Crippen molar-refractivity contribution in [2.45, 2.75) is 0 Å². The average Bonchev–Trinajstić information content (AvgIpc) is 2.62. The Hall–Kier alpha value is -2.32. The molecule has 8 heteroatoms. The van der Waals surface area contributed by atoms with E-state index in [1.807, 2.05) is 24.3 Å². The van der Waals surface area contributed by atoms with Crippen molar-refractivity contribution in [3.8, 4) is 0 Å². The molecule has 1 aliphatic heterocycles. The highest BCUT2D eigenvalue weighted by atomic mass is 16.5. The van der Waals surface area contributed by atoms with Gasteiger partial charge in [0, 0.05) is 51.2 Å². The van der Waals surface area contributed by atoms with E-state index in [-0.39, 0.29) is 12.5 Å². The number of hydrogen-bond acceptors (Lipinski definition) is 5. The molecule has 0 saturated carbocycles. The number of likely N-dealkylation sites (N-methyl/N-ethyl adjacent to an activating group) is 1. The van der Waals surface area contributed by atoms with Crippen molar-refractivity contribution in [1.29, 1.82) is 0 Å². The second kappa shape index (κ2) is 9.85. The Morgan fingerprint density at radius 2 is 1.76 bits per heavy atom. The molecule has 138 valence electrons. The minimum Gasteiger partial charge on any atom is -0.383 e. The van der Waals surface area contributed by atoms with Crippen LogP contribution >= 0.6 is 0 Å². The van der Waals surface area contributed by atoms with Gasteiger partial charge in [-0.05, 0) is 31.3 Å². The summed E-state index contributed by atoms with van der Waals surface area (Å²) in [6.45, 7) is 4.86. The smallest absolute Gasteiger partial charge is 0.315 e. The normalized spacial score (nSPS) is 14.9. The average molecular weight is 349 g/mol. The molecule has 2 rings (SSSR count). The van der Waals surface area contributed by atoms with Gasteiger partial charge < -0.3 is 30.5 Å². The van der Waals surface area contributed by atoms with Gasteiger partial charge in [0.25, 0.3) is 0 Å². The van der Waals surface area contributed by atoms with Crippen molar-refractivity contribution in [2.75, 3.05) is 70.2 Å². The third kappa shape index (κ3) is 6.60. The zero-order chi connectivity index (χ0) is 18.1. The van der Waals surface area contributed by atoms with Crippen molar-refractivity contribution in [3.05, 3.63) is 24.3 Å². The van der Waals surface area contributed by atoms with E-state index < -0.39 is 6.03 Å². The second-order valence-electron chi connectivity index (χ2n) is 5.99. The number of methoxy groups -OCH3 is 1. The van der Waals surface area contributed by atoms with Crippen LogP contribution in [0.1, 0.15) is 0 Å². The maximum atomic E-state index is 11.9. The molecule has 1 aromatic rings. The molecule has 0 bridgehead atoms. The van der Waals surface area contributed by atoms with Gasteiger partial charge in [0.05, 0.1) is 13.2 Å². The van der Waals surface area contributed by atoms with E-state index in [0.717, 1.165) is 31.9 Å². The summed E-state index contributed by atoms with van der Waals surface area (Å²) in [5, 5.41) is 7.85. The fraction of sp³-hybridized carbons (Fsp3) is 0.529. The molecule has 0 spiro atoms. The van der Waals surface area contributed by atoms with E-state index in [0.29, 0.717) is 18.8 Å². The minimum absolute atomic E-state index is 0.0843. The summed E-state index contributed by atoms with van der Waals surface area (Å²) in [6, 6.07) is 7.38. The van der Waals surface area contributed by atoms with Gasteiger partial charge in [-0.2, -0.15) is 0 Å². The summed E-state index contributed by atoms with van der Waals surface area (Å²) in [6.07, 6.45) is 0. The van der Waals surface area contributed by atoms with Crippen molar-refractivity contribution in [3.63, 3.8) is 0 Å². The lowest BCUT2D eigenvalue weighted by Gasteiger charge is -2.34. The van der Waals surface area contributed by atoms with Crippen LogP contribution in [-0.4, -0.2) is 76.9 Å². The highest BCUT2D eigenvalue weighted by Crippen LogP contribution is 2.19. The van der Waals surface area contributed by atoms with Crippen LogP contribution in [0.15, 0.2) is 24.3 Å². The topological polar surface area (TPSA) is 85.9 Å². The van der Waals surface area contributed by atoms with Crippen molar-refractivity contribution in [2.24, 2.45) is 0 Å². The van der Waals surface area contributed by atoms with E-state index in [9.17, 15) is 9.59 Å². The molecule has 1 aliphatic rings. The lowest BCUT2D eigenvalue weighted by atomic mass is 10.2. The van der Waals surface area contributed by atoms with Crippen LogP contribution in [0.4, 0.5) is 16.2 Å². The first-order chi connectivity index (χ1) is 12.1. The summed E-state index contributed by atoms with van der Waals surface area (Å²) in [5.41, 5.74) is 1.87. The predicted molar refractivity (Wildman–Crippen MR) is 98.1 cm³/mol. The van der Waals surface area contributed by atoms with Gasteiger partial charge in [-0.3, -0.25) is 4.79 Å². The Morgan fingerprint density at radius 1 is 1.08 bits per heavy atom. The third-order valence-corrected chi connectivity index (χ3v) is 4.02. The molecule has 1 fully saturated rings. The Morgan fingerprint density at radius 3 is 2.40 bits per heavy atom. The van der Waals surface area contributed by atoms with Gasteiger partial charge in [0.1, 0.15) is 0 Å². The molecule has 8 nitrogen and oxygen atoms in total. The monoisotopic (exact) mass is 349 g/mol. The van der Waals surface area contributed by atoms with E-state index in [2.05, 4.69) is 32.8 Å². The van der Waals surface area contributed by atoms with E-state index in [4.69, 9.17) is 4.74 Å². The van der Waals surface area contributed by atoms with E-state index in [1.165, 1.54) is 0 Å². The number of nitrogens with one attached hydrogen (secondary N) is 3. The number of carbonyl (C=O) groups excluding carboxylic acids is 2. The first kappa shape index (κ1) is 19.0. The van der Waals surface area contributed by atoms with Gasteiger partial charge in [-0.25, -0.2) is 4.79 Å². The van der Waals surface area contributed by atoms with Crippen molar-refractivity contribution >= 4 is 23.3 Å². The van der Waals surface area contributed by atoms with Crippen LogP contribution in [0.25, 0.3) is 0 Å². The van der Waals surface area contributed by atoms with Crippen LogP contribution in [0.2, 0.25) is 0 Å². The number of nitrogens with zero attached hydrogens (tertiary/aromatic N) is 2. The van der Waals surface area contributed by atoms with Gasteiger partial charge in [0.15, 0.2) is 0 Å². The molecule has 1 aromatic carbocycles. The van der Waals surface area contributed by atoms with Crippen molar-refractivity contribution < 1.29 is 14.3 Å². The van der Waals surface area contributed by atoms with Gasteiger partial charge in [0.2, 0.25) is 5.91 Å². The third-order valence-electron chi connectivity index (χ3n) is 4.02. The fourth-order valence-corrected chi connectivity index (χ4v) is 2.52. The summed E-state index contributed by atoms with van der Waals surface area (Å²) < 4.78 is 4.83. The van der Waals surface area contributed by atoms with Crippen LogP contribution in [-0.2, 0) is 9.53 Å². The molecular weight excluding hydrogens is 322 g/mol. The first-order valence-electron chi connectivity index (χ1n) is 8.42. The molecular formula is C17H27N5O3. The molecule has 0 radical (unpaired) electrons. The van der Waals surface area contributed by atoms with Gasteiger partial charge in [-0.1, -0.05) is 0 Å². The first-order valence-corrected chi connectivity index (χ1v) is 8.42. The Kier molecular flexibility index (Phi) is 7.49. The van der Waals surface area contributed by atoms with Crippen LogP contribution < -0.4 is 20.9 Å². The maximum absolute atomic E-state index is 11.9. The number of anilines is 2. The Balaban J connectivity index is 1.73. The molecule has 3 amide bonds. The molecule has 1 saturated heterocycles. The number of ether oxygens (including phenoxy) is 1. The van der Waals surface area contributed by atoms with E-state index >= 15 is 0 Å². The molecule has 25 heavy (non-hydrogen) atoms. The Labute approximate surface area is 148 Å². The zero-order valence-corrected chi connectivity index (χ0v) is 14.9. The predicted octanol–water partition coefficient (Wildman–Crippen LogP) is 0.323. The largest absolute Gasteiger partial charge is 0.383 e. The molecule has 0 atom stereocenters. The number of amides is 3. The van der Waals surface area contributed by atoms with Crippen LogP contribution in [0.3, 0.4) is 0 Å². The summed E-state index contributed by atoms with van der Waals surface area (Å²) in [4.78, 5) is 28.0. The molecule has 0 aromatic heterocycles. The Bertz CT molecular complexity index is 556. The van der Waals surface area contributed by atoms with Crippen LogP contribution in [0.5, 0.6) is 0 Å². The summed E-state index contributed by atoms with van der Waals surface area (Å²) in [5.74, 6) is -0.269. The maximum Gasteiger partial charge on any atom is 0.315 e. The quantitative estimate of drug-likeness (QED) is 0.618. The zero-order valence-electron chi connectivity index (χ0n) is 14.9. The van der Waals surface area contributed by atoms with Gasteiger partial charge in [-0.15, -0.1) is 0 Å². The molecule has 0 unspecified atom stereocenters. The fourth-order valence-electron chi connectivity index (χ4n) is 2.52. The summed E-state index contributed by atoms with van der Waals surface area (Å²) in [7, 11) is 3.68. The van der Waals surface area contributed by atoms with Crippen LogP contribution in [0, 0.1) is 0 Å². The highest BCUT2D eigenvalue weighted by Gasteiger charge is 2.14. The molecule has 0 aliphatic carbocycles. The number of benzene rings is 1. The standard InChI is InChI=1S/C17H27N5O3/c1-21-8-10-22(11-9-21)15-5-3-14(4-6-15)20-16(23)13-19-17(24)18-7-12-25-2/h3-6H,7-13H2,1-2H3,(H,20,23)(H2,18,19,24). The molecule has 1 heterocycles. The molecule has 3 N–H and O–H groups in total. The number of rotatable bonds is 7.